The molecule has 31 heavy (non-hydrogen) atoms. The zero-order valence-corrected chi connectivity index (χ0v) is 17.2. The maximum Gasteiger partial charge on any atom is 0.480 e. The van der Waals surface area contributed by atoms with E-state index in [-0.39, 0.29) is 0 Å². The molecule has 0 spiro atoms. The van der Waals surface area contributed by atoms with E-state index < -0.39 is 31.1 Å². The Balaban J connectivity index is 0.000000311. The van der Waals surface area contributed by atoms with Gasteiger partial charge in [0.1, 0.15) is 0 Å². The van der Waals surface area contributed by atoms with Gasteiger partial charge in [0, 0.05) is 27.4 Å². The lowest BCUT2D eigenvalue weighted by atomic mass is 10.2. The summed E-state index contributed by atoms with van der Waals surface area (Å²) in [6, 6.07) is 13.0. The van der Waals surface area contributed by atoms with Crippen molar-refractivity contribution in [2.45, 2.75) is 11.0 Å². The lowest BCUT2D eigenvalue weighted by molar-refractivity contribution is -0.871. The molecule has 0 N–H and O–H groups in total. The molecular formula is C15H11ClF6N2O5S2. The van der Waals surface area contributed by atoms with Gasteiger partial charge in [0.15, 0.2) is 20.0 Å². The summed E-state index contributed by atoms with van der Waals surface area (Å²) in [5.74, 6) is 0.577. The van der Waals surface area contributed by atoms with Crippen molar-refractivity contribution in [2.75, 3.05) is 0 Å². The molecule has 0 radical (unpaired) electrons. The van der Waals surface area contributed by atoms with E-state index in [1.54, 1.807) is 29.3 Å². The molecule has 1 aromatic carbocycles. The zero-order valence-electron chi connectivity index (χ0n) is 14.8. The number of aromatic nitrogens is 1. The van der Waals surface area contributed by atoms with E-state index in [4.69, 9.17) is 16.4 Å². The van der Waals surface area contributed by atoms with Crippen LogP contribution >= 0.6 is 11.6 Å². The van der Waals surface area contributed by atoms with Crippen LogP contribution in [0.5, 0.6) is 0 Å². The third-order valence-corrected chi connectivity index (χ3v) is 5.84. The molecule has 1 heterocycles. The van der Waals surface area contributed by atoms with E-state index in [9.17, 15) is 43.2 Å². The van der Waals surface area contributed by atoms with Gasteiger partial charge in [-0.2, -0.15) is 26.3 Å². The van der Waals surface area contributed by atoms with Crippen LogP contribution in [-0.2, 0) is 20.0 Å². The van der Waals surface area contributed by atoms with E-state index in [0.29, 0.717) is 10.8 Å². The molecule has 0 aliphatic heterocycles. The molecule has 2 aromatic rings. The number of hydrogen-bond acceptors (Lipinski definition) is 5. The molecule has 0 atom stereocenters. The van der Waals surface area contributed by atoms with Crippen LogP contribution in [-0.4, -0.2) is 27.9 Å². The van der Waals surface area contributed by atoms with Crippen molar-refractivity contribution < 1.29 is 52.7 Å². The van der Waals surface area contributed by atoms with Gasteiger partial charge in [-0.25, -0.2) is 21.7 Å². The molecule has 172 valence electrons. The van der Waals surface area contributed by atoms with E-state index in [0.717, 1.165) is 9.69 Å². The van der Waals surface area contributed by atoms with E-state index in [2.05, 4.69) is 6.58 Å². The first-order chi connectivity index (χ1) is 14.0. The minimum Gasteiger partial charge on any atom is -0.421 e. The second-order valence-electron chi connectivity index (χ2n) is 5.17. The smallest absolute Gasteiger partial charge is 0.421 e. The average Bonchev–Trinajstić information content (AvgIpc) is 2.61. The Kier molecular flexibility index (Phi) is 8.47. The topological polar surface area (TPSA) is 95.5 Å². The summed E-state index contributed by atoms with van der Waals surface area (Å²) in [5.41, 5.74) is -11.5. The molecule has 0 fully saturated rings. The number of rotatable bonds is 5. The minimum atomic E-state index is -6.72. The van der Waals surface area contributed by atoms with Crippen LogP contribution < -0.4 is 9.57 Å². The fourth-order valence-electron chi connectivity index (χ4n) is 1.47. The SMILES string of the molecule is C=C(O[n+]1ccccc1)c1ccc(Cl)cc1.O=S(=O)([N-]S(=O)(=O)C(F)(F)F)C(F)(F)F. The van der Waals surface area contributed by atoms with E-state index in [1.807, 2.05) is 30.3 Å². The summed E-state index contributed by atoms with van der Waals surface area (Å²) < 4.78 is 111. The summed E-state index contributed by atoms with van der Waals surface area (Å²) in [5, 5.41) is 0.698. The monoisotopic (exact) mass is 512 g/mol. The highest BCUT2D eigenvalue weighted by Crippen LogP contribution is 2.36. The highest BCUT2D eigenvalue weighted by Gasteiger charge is 2.46. The number of pyridine rings is 1. The fraction of sp³-hybridized carbons (Fsp3) is 0.133. The minimum absolute atomic E-state index is 0.577. The molecule has 0 saturated heterocycles. The predicted molar refractivity (Wildman–Crippen MR) is 97.0 cm³/mol. The number of nitrogens with zero attached hydrogens (tertiary/aromatic N) is 2. The molecule has 0 amide bonds. The second-order valence-corrected chi connectivity index (χ2v) is 9.03. The third kappa shape index (κ3) is 8.01. The largest absolute Gasteiger partial charge is 0.480 e. The molecular weight excluding hydrogens is 502 g/mol. The number of benzene rings is 1. The molecule has 0 bridgehead atoms. The Morgan fingerprint density at radius 1 is 0.871 bits per heavy atom. The van der Waals surface area contributed by atoms with Crippen molar-refractivity contribution in [3.63, 3.8) is 0 Å². The van der Waals surface area contributed by atoms with Gasteiger partial charge in [-0.1, -0.05) is 17.7 Å². The maximum absolute atomic E-state index is 11.4. The summed E-state index contributed by atoms with van der Waals surface area (Å²) in [4.78, 5) is 5.52. The Hall–Kier alpha value is -2.36. The van der Waals surface area contributed by atoms with Gasteiger partial charge in [-0.3, -0.25) is 0 Å². The molecule has 7 nitrogen and oxygen atoms in total. The molecule has 0 aliphatic rings. The summed E-state index contributed by atoms with van der Waals surface area (Å²) >= 11 is 5.80. The van der Waals surface area contributed by atoms with Crippen molar-refractivity contribution in [1.82, 2.24) is 0 Å². The van der Waals surface area contributed by atoms with Crippen LogP contribution in [0.1, 0.15) is 5.56 Å². The first-order valence-corrected chi connectivity index (χ1v) is 10.7. The first-order valence-electron chi connectivity index (χ1n) is 7.42. The lowest BCUT2D eigenvalue weighted by Crippen LogP contribution is -2.40. The van der Waals surface area contributed by atoms with Gasteiger partial charge in [-0.05, 0) is 30.8 Å². The number of sulfonamides is 2. The normalized spacial score (nSPS) is 12.5. The van der Waals surface area contributed by atoms with Crippen molar-refractivity contribution >= 4 is 37.4 Å². The van der Waals surface area contributed by atoms with Gasteiger partial charge in [0.2, 0.25) is 18.2 Å². The Labute approximate surface area is 177 Å². The van der Waals surface area contributed by atoms with Crippen LogP contribution in [0, 0.1) is 0 Å². The molecule has 0 saturated carbocycles. The van der Waals surface area contributed by atoms with Crippen molar-refractivity contribution in [3.8, 4) is 0 Å². The highest BCUT2D eigenvalue weighted by atomic mass is 35.5. The molecule has 0 unspecified atom stereocenters. The highest BCUT2D eigenvalue weighted by molar-refractivity contribution is 8.13. The van der Waals surface area contributed by atoms with Crippen LogP contribution in [0.3, 0.4) is 0 Å². The van der Waals surface area contributed by atoms with Gasteiger partial charge in [-0.15, -0.1) is 0 Å². The van der Waals surface area contributed by atoms with E-state index >= 15 is 0 Å². The molecule has 0 aliphatic carbocycles. The van der Waals surface area contributed by atoms with Gasteiger partial charge in [0.05, 0.1) is 0 Å². The number of alkyl halides is 6. The molecule has 1 aromatic heterocycles. The number of halogens is 7. The van der Waals surface area contributed by atoms with Crippen LogP contribution in [0.15, 0.2) is 61.4 Å². The Bertz CT molecular complexity index is 1060. The Morgan fingerprint density at radius 2 is 1.29 bits per heavy atom. The summed E-state index contributed by atoms with van der Waals surface area (Å²) in [6.45, 7) is 3.86. The third-order valence-electron chi connectivity index (χ3n) is 2.85. The Morgan fingerprint density at radius 3 is 1.68 bits per heavy atom. The van der Waals surface area contributed by atoms with Gasteiger partial charge < -0.3 is 4.13 Å². The zero-order chi connectivity index (χ0) is 24.1. The van der Waals surface area contributed by atoms with Crippen molar-refractivity contribution in [1.29, 1.82) is 0 Å². The molecule has 16 heteroatoms. The lowest BCUT2D eigenvalue weighted by Gasteiger charge is -2.22. The van der Waals surface area contributed by atoms with E-state index in [1.165, 1.54) is 0 Å². The van der Waals surface area contributed by atoms with Crippen LogP contribution in [0.25, 0.3) is 9.89 Å². The van der Waals surface area contributed by atoms with Crippen LogP contribution in [0.4, 0.5) is 26.3 Å². The second kappa shape index (κ2) is 9.84. The summed E-state index contributed by atoms with van der Waals surface area (Å²) in [7, 11) is -13.4. The maximum atomic E-state index is 11.4. The average molecular weight is 513 g/mol. The number of hydrogen-bond donors (Lipinski definition) is 0. The van der Waals surface area contributed by atoms with Gasteiger partial charge >= 0.3 is 11.0 Å². The molecule has 2 rings (SSSR count). The standard InChI is InChI=1S/C13H11ClNO.C2F6NO4S2/c1-11(12-5-7-13(14)8-6-12)16-15-9-3-2-4-10-15;3-1(4,5)14(10,11)9-15(12,13)2(6,7)8/h2-10H,1H2;/q+1;-1. The van der Waals surface area contributed by atoms with Crippen molar-refractivity contribution in [2.24, 2.45) is 0 Å². The first kappa shape index (κ1) is 26.7. The van der Waals surface area contributed by atoms with Gasteiger partial charge in [0.25, 0.3) is 0 Å². The predicted octanol–water partition coefficient (Wildman–Crippen LogP) is 3.79. The fourth-order valence-corrected chi connectivity index (χ4v) is 3.31. The van der Waals surface area contributed by atoms with Crippen molar-refractivity contribution in [3.05, 3.63) is 76.2 Å². The summed E-state index contributed by atoms with van der Waals surface area (Å²) in [6.07, 6.45) is 3.61. The quantitative estimate of drug-likeness (QED) is 0.345. The van der Waals surface area contributed by atoms with Crippen LogP contribution in [0.2, 0.25) is 5.02 Å².